The van der Waals surface area contributed by atoms with Crippen LogP contribution in [-0.2, 0) is 19.4 Å². The monoisotopic (exact) mass is 458 g/mol. The second kappa shape index (κ2) is 9.31. The molecule has 0 saturated heterocycles. The van der Waals surface area contributed by atoms with Crippen LogP contribution >= 0.6 is 11.6 Å². The SMILES string of the molecule is CCOC(=O)[C@@H]1CC(S(=O)(=O)c2ccc(F)cc2Cl)C[C@H]1COc1ccc(F)cc1. The largest absolute Gasteiger partial charge is 0.493 e. The van der Waals surface area contributed by atoms with E-state index in [9.17, 15) is 22.0 Å². The van der Waals surface area contributed by atoms with Crippen LogP contribution in [0, 0.1) is 23.5 Å². The summed E-state index contributed by atoms with van der Waals surface area (Å²) in [7, 11) is -3.90. The van der Waals surface area contributed by atoms with Crippen LogP contribution in [0.1, 0.15) is 19.8 Å². The van der Waals surface area contributed by atoms with Crippen LogP contribution in [0.25, 0.3) is 0 Å². The summed E-state index contributed by atoms with van der Waals surface area (Å²) in [5.41, 5.74) is 0. The molecule has 1 fully saturated rings. The Bertz CT molecular complexity index is 1010. The smallest absolute Gasteiger partial charge is 0.309 e. The predicted octanol–water partition coefficient (Wildman–Crippen LogP) is 4.43. The van der Waals surface area contributed by atoms with Crippen LogP contribution in [0.15, 0.2) is 47.4 Å². The molecule has 0 radical (unpaired) electrons. The van der Waals surface area contributed by atoms with Crippen molar-refractivity contribution >= 4 is 27.4 Å². The zero-order chi connectivity index (χ0) is 21.9. The van der Waals surface area contributed by atoms with Gasteiger partial charge in [0.15, 0.2) is 9.84 Å². The van der Waals surface area contributed by atoms with Crippen molar-refractivity contribution in [1.29, 1.82) is 0 Å². The highest BCUT2D eigenvalue weighted by Gasteiger charge is 2.46. The van der Waals surface area contributed by atoms with Gasteiger partial charge in [0, 0.05) is 5.92 Å². The Kier molecular flexibility index (Phi) is 6.98. The van der Waals surface area contributed by atoms with Crippen molar-refractivity contribution in [3.63, 3.8) is 0 Å². The second-order valence-electron chi connectivity index (χ2n) is 7.10. The predicted molar refractivity (Wildman–Crippen MR) is 107 cm³/mol. The van der Waals surface area contributed by atoms with Gasteiger partial charge in [-0.1, -0.05) is 11.6 Å². The number of carbonyl (C=O) groups is 1. The summed E-state index contributed by atoms with van der Waals surface area (Å²) < 4.78 is 63.4. The van der Waals surface area contributed by atoms with E-state index in [1.807, 2.05) is 0 Å². The summed E-state index contributed by atoms with van der Waals surface area (Å²) in [6.45, 7) is 1.91. The molecule has 5 nitrogen and oxygen atoms in total. The van der Waals surface area contributed by atoms with Crippen LogP contribution in [-0.4, -0.2) is 32.9 Å². The minimum Gasteiger partial charge on any atom is -0.493 e. The first-order valence-corrected chi connectivity index (χ1v) is 11.4. The third kappa shape index (κ3) is 4.92. The van der Waals surface area contributed by atoms with Crippen molar-refractivity contribution < 1.29 is 31.5 Å². The summed E-state index contributed by atoms with van der Waals surface area (Å²) in [5, 5.41) is -1.09. The minimum absolute atomic E-state index is 0.0479. The number of sulfone groups is 1. The molecule has 0 amide bonds. The Balaban J connectivity index is 1.81. The maximum atomic E-state index is 13.3. The average molecular weight is 459 g/mol. The zero-order valence-corrected chi connectivity index (χ0v) is 17.8. The number of halogens is 3. The molecule has 162 valence electrons. The quantitative estimate of drug-likeness (QED) is 0.453. The molecule has 0 bridgehead atoms. The summed E-state index contributed by atoms with van der Waals surface area (Å²) in [5.74, 6) is -2.23. The molecule has 1 saturated carbocycles. The molecular weight excluding hydrogens is 438 g/mol. The summed E-state index contributed by atoms with van der Waals surface area (Å²) in [6.07, 6.45) is 0.201. The van der Waals surface area contributed by atoms with Crippen molar-refractivity contribution in [1.82, 2.24) is 0 Å². The van der Waals surface area contributed by atoms with E-state index < -0.39 is 44.5 Å². The second-order valence-corrected chi connectivity index (χ2v) is 9.70. The van der Waals surface area contributed by atoms with Crippen molar-refractivity contribution in [3.8, 4) is 5.75 Å². The molecule has 2 aromatic rings. The molecule has 0 heterocycles. The molecule has 9 heteroatoms. The van der Waals surface area contributed by atoms with Gasteiger partial charge in [-0.05, 0) is 62.2 Å². The molecule has 0 N–H and O–H groups in total. The van der Waals surface area contributed by atoms with E-state index >= 15 is 0 Å². The Hall–Kier alpha value is -2.19. The lowest BCUT2D eigenvalue weighted by molar-refractivity contribution is -0.149. The lowest BCUT2D eigenvalue weighted by atomic mass is 9.97. The van der Waals surface area contributed by atoms with E-state index in [4.69, 9.17) is 21.1 Å². The number of rotatable bonds is 7. The number of esters is 1. The minimum atomic E-state index is -3.90. The first-order chi connectivity index (χ1) is 14.2. The molecule has 1 unspecified atom stereocenters. The third-order valence-corrected chi connectivity index (χ3v) is 7.81. The van der Waals surface area contributed by atoms with E-state index in [0.717, 1.165) is 18.2 Å². The first kappa shape index (κ1) is 22.5. The van der Waals surface area contributed by atoms with Crippen molar-refractivity contribution in [2.24, 2.45) is 11.8 Å². The third-order valence-electron chi connectivity index (χ3n) is 5.16. The van der Waals surface area contributed by atoms with Gasteiger partial charge in [-0.2, -0.15) is 0 Å². The van der Waals surface area contributed by atoms with Gasteiger partial charge < -0.3 is 9.47 Å². The zero-order valence-electron chi connectivity index (χ0n) is 16.2. The van der Waals surface area contributed by atoms with Gasteiger partial charge >= 0.3 is 5.97 Å². The van der Waals surface area contributed by atoms with Gasteiger partial charge in [-0.25, -0.2) is 17.2 Å². The van der Waals surface area contributed by atoms with Crippen LogP contribution < -0.4 is 4.74 Å². The highest BCUT2D eigenvalue weighted by Crippen LogP contribution is 2.40. The fraction of sp³-hybridized carbons (Fsp3) is 0.381. The van der Waals surface area contributed by atoms with E-state index in [2.05, 4.69) is 0 Å². The molecule has 0 spiro atoms. The van der Waals surface area contributed by atoms with Gasteiger partial charge in [0.2, 0.25) is 0 Å². The molecule has 1 aliphatic rings. The van der Waals surface area contributed by atoms with E-state index in [1.165, 1.54) is 24.3 Å². The maximum absolute atomic E-state index is 13.3. The summed E-state index contributed by atoms with van der Waals surface area (Å²) in [4.78, 5) is 12.3. The van der Waals surface area contributed by atoms with Gasteiger partial charge in [0.25, 0.3) is 0 Å². The van der Waals surface area contributed by atoms with Crippen LogP contribution in [0.3, 0.4) is 0 Å². The van der Waals surface area contributed by atoms with Gasteiger partial charge in [-0.15, -0.1) is 0 Å². The normalized spacial score (nSPS) is 21.4. The number of hydrogen-bond acceptors (Lipinski definition) is 5. The Morgan fingerprint density at radius 2 is 1.77 bits per heavy atom. The van der Waals surface area contributed by atoms with E-state index in [1.54, 1.807) is 6.92 Å². The average Bonchev–Trinajstić information content (AvgIpc) is 3.13. The highest BCUT2D eigenvalue weighted by atomic mass is 35.5. The highest BCUT2D eigenvalue weighted by molar-refractivity contribution is 7.92. The molecule has 2 aromatic carbocycles. The molecular formula is C21H21ClF2O5S. The topological polar surface area (TPSA) is 69.7 Å². The van der Waals surface area contributed by atoms with Crippen LogP contribution in [0.2, 0.25) is 5.02 Å². The molecule has 0 aromatic heterocycles. The molecule has 3 atom stereocenters. The van der Waals surface area contributed by atoms with Crippen molar-refractivity contribution in [2.75, 3.05) is 13.2 Å². The first-order valence-electron chi connectivity index (χ1n) is 9.46. The Morgan fingerprint density at radius 1 is 1.10 bits per heavy atom. The molecule has 1 aliphatic carbocycles. The van der Waals surface area contributed by atoms with Crippen LogP contribution in [0.5, 0.6) is 5.75 Å². The lowest BCUT2D eigenvalue weighted by Crippen LogP contribution is -2.25. The Labute approximate surface area is 178 Å². The van der Waals surface area contributed by atoms with E-state index in [0.29, 0.717) is 5.75 Å². The number of hydrogen-bond donors (Lipinski definition) is 0. The fourth-order valence-corrected chi connectivity index (χ4v) is 6.07. The van der Waals surface area contributed by atoms with E-state index in [-0.39, 0.29) is 36.0 Å². The van der Waals surface area contributed by atoms with Gasteiger partial charge in [0.1, 0.15) is 17.4 Å². The van der Waals surface area contributed by atoms with Crippen molar-refractivity contribution in [3.05, 3.63) is 59.1 Å². The van der Waals surface area contributed by atoms with Gasteiger partial charge in [0.05, 0.1) is 34.3 Å². The maximum Gasteiger partial charge on any atom is 0.309 e. The molecule has 0 aliphatic heterocycles. The summed E-state index contributed by atoms with van der Waals surface area (Å²) >= 11 is 5.97. The number of benzene rings is 2. The molecule has 3 rings (SSSR count). The van der Waals surface area contributed by atoms with Crippen LogP contribution in [0.4, 0.5) is 8.78 Å². The lowest BCUT2D eigenvalue weighted by Gasteiger charge is -2.18. The van der Waals surface area contributed by atoms with Gasteiger partial charge in [-0.3, -0.25) is 4.79 Å². The number of carbonyl (C=O) groups excluding carboxylic acids is 1. The molecule has 30 heavy (non-hydrogen) atoms. The number of ether oxygens (including phenoxy) is 2. The standard InChI is InChI=1S/C21H21ClF2O5S/c1-2-28-21(25)18-11-17(30(26,27)20-8-5-15(24)10-19(20)22)9-13(18)12-29-16-6-3-14(23)4-7-16/h3-8,10,13,17-18H,2,9,11-12H2,1H3/t13-,17?,18+/m0/s1. The Morgan fingerprint density at radius 3 is 2.40 bits per heavy atom. The van der Waals surface area contributed by atoms with Crippen molar-refractivity contribution in [2.45, 2.75) is 29.9 Å². The fourth-order valence-electron chi connectivity index (χ4n) is 3.67. The summed E-state index contributed by atoms with van der Waals surface area (Å²) in [6, 6.07) is 8.52.